The molecule has 1 aliphatic heterocycles. The van der Waals surface area contributed by atoms with Crippen LogP contribution in [-0.4, -0.2) is 41.3 Å². The maximum atomic E-state index is 12.8. The fourth-order valence-electron chi connectivity index (χ4n) is 4.51. The fraction of sp³-hybridized carbons (Fsp3) is 0.391. The van der Waals surface area contributed by atoms with Gasteiger partial charge in [0.2, 0.25) is 0 Å². The number of benzene rings is 2. The van der Waals surface area contributed by atoms with Gasteiger partial charge in [0.05, 0.1) is 6.42 Å². The van der Waals surface area contributed by atoms with Crippen molar-refractivity contribution in [3.63, 3.8) is 0 Å². The molecule has 2 aromatic carbocycles. The molecule has 0 spiro atoms. The zero-order valence-corrected chi connectivity index (χ0v) is 15.8. The van der Waals surface area contributed by atoms with Crippen molar-refractivity contribution in [2.24, 2.45) is 0 Å². The predicted octanol–water partition coefficient (Wildman–Crippen LogP) is 4.65. The highest BCUT2D eigenvalue weighted by molar-refractivity contribution is 5.79. The summed E-state index contributed by atoms with van der Waals surface area (Å²) < 4.78 is 5.74. The fourth-order valence-corrected chi connectivity index (χ4v) is 4.51. The smallest absolute Gasteiger partial charge is 0.410 e. The Bertz CT molecular complexity index is 833. The lowest BCUT2D eigenvalue weighted by atomic mass is 9.98. The maximum absolute atomic E-state index is 12.8. The number of hydrogen-bond donors (Lipinski definition) is 1. The molecule has 1 fully saturated rings. The van der Waals surface area contributed by atoms with Crippen molar-refractivity contribution in [3.05, 3.63) is 59.7 Å². The molecule has 1 aliphatic carbocycles. The van der Waals surface area contributed by atoms with E-state index in [9.17, 15) is 14.7 Å². The molecule has 2 aromatic rings. The van der Waals surface area contributed by atoms with Crippen molar-refractivity contribution in [1.82, 2.24) is 4.90 Å². The second-order valence-electron chi connectivity index (χ2n) is 7.60. The average molecular weight is 379 g/mol. The lowest BCUT2D eigenvalue weighted by Crippen LogP contribution is -2.42. The molecule has 1 saturated heterocycles. The number of carboxylic acids is 1. The molecule has 5 heteroatoms. The first-order valence-electron chi connectivity index (χ1n) is 9.98. The minimum atomic E-state index is -0.872. The van der Waals surface area contributed by atoms with Crippen molar-refractivity contribution >= 4 is 12.1 Å². The molecular formula is C23H25NO4. The molecule has 1 atom stereocenters. The van der Waals surface area contributed by atoms with Crippen molar-refractivity contribution in [3.8, 4) is 11.1 Å². The molecule has 1 amide bonds. The number of carbonyl (C=O) groups is 2. The number of amides is 1. The standard InChI is InChI=1S/C23H25NO4/c25-22(26)14-16-8-2-1-7-13-24(16)23(27)28-15-21-19-11-5-3-9-17(19)18-10-4-6-12-20(18)21/h3-6,9-12,16,21H,1-2,7-8,13-15H2,(H,25,26)/t16-/m1/s1. The number of aliphatic carboxylic acids is 1. The molecule has 146 valence electrons. The summed E-state index contributed by atoms with van der Waals surface area (Å²) in [5.41, 5.74) is 4.74. The number of ether oxygens (including phenoxy) is 1. The van der Waals surface area contributed by atoms with Gasteiger partial charge in [-0.25, -0.2) is 4.79 Å². The quantitative estimate of drug-likeness (QED) is 0.839. The summed E-state index contributed by atoms with van der Waals surface area (Å²) in [6.45, 7) is 0.831. The van der Waals surface area contributed by atoms with Gasteiger partial charge in [0.25, 0.3) is 0 Å². The Labute approximate surface area is 164 Å². The van der Waals surface area contributed by atoms with E-state index in [0.29, 0.717) is 6.54 Å². The Kier molecular flexibility index (Phi) is 5.33. The van der Waals surface area contributed by atoms with E-state index < -0.39 is 12.1 Å². The molecule has 4 rings (SSSR count). The Hall–Kier alpha value is -2.82. The van der Waals surface area contributed by atoms with Gasteiger partial charge >= 0.3 is 12.1 Å². The van der Waals surface area contributed by atoms with Gasteiger partial charge in [-0.1, -0.05) is 61.4 Å². The molecule has 0 unspecified atom stereocenters. The first-order chi connectivity index (χ1) is 13.6. The van der Waals surface area contributed by atoms with E-state index in [-0.39, 0.29) is 25.0 Å². The Morgan fingerprint density at radius 3 is 2.25 bits per heavy atom. The van der Waals surface area contributed by atoms with Gasteiger partial charge in [-0.15, -0.1) is 0 Å². The predicted molar refractivity (Wildman–Crippen MR) is 106 cm³/mol. The number of carbonyl (C=O) groups excluding carboxylic acids is 1. The van der Waals surface area contributed by atoms with Crippen molar-refractivity contribution in [1.29, 1.82) is 0 Å². The zero-order valence-electron chi connectivity index (χ0n) is 15.8. The van der Waals surface area contributed by atoms with Crippen molar-refractivity contribution in [2.75, 3.05) is 13.2 Å². The zero-order chi connectivity index (χ0) is 19.5. The SMILES string of the molecule is O=C(O)C[C@H]1CCCCCN1C(=O)OCC1c2ccccc2-c2ccccc21. The average Bonchev–Trinajstić information content (AvgIpc) is 2.83. The lowest BCUT2D eigenvalue weighted by molar-refractivity contribution is -0.138. The summed E-state index contributed by atoms with van der Waals surface area (Å²) in [6, 6.07) is 16.2. The molecule has 0 aromatic heterocycles. The maximum Gasteiger partial charge on any atom is 0.410 e. The number of hydrogen-bond acceptors (Lipinski definition) is 3. The van der Waals surface area contributed by atoms with E-state index in [1.54, 1.807) is 4.90 Å². The molecule has 2 aliphatic rings. The molecule has 1 N–H and O–H groups in total. The van der Waals surface area contributed by atoms with E-state index in [0.717, 1.165) is 25.7 Å². The molecule has 0 bridgehead atoms. The number of rotatable bonds is 4. The summed E-state index contributed by atoms with van der Waals surface area (Å²) in [7, 11) is 0. The summed E-state index contributed by atoms with van der Waals surface area (Å²) in [4.78, 5) is 25.7. The van der Waals surface area contributed by atoms with Crippen LogP contribution in [0.3, 0.4) is 0 Å². The van der Waals surface area contributed by atoms with Gasteiger partial charge in [0.15, 0.2) is 0 Å². The summed E-state index contributed by atoms with van der Waals surface area (Å²) in [5.74, 6) is -0.857. The van der Waals surface area contributed by atoms with Crippen LogP contribution in [0, 0.1) is 0 Å². The highest BCUT2D eigenvalue weighted by Gasteiger charge is 2.32. The van der Waals surface area contributed by atoms with Gasteiger partial charge in [0, 0.05) is 18.5 Å². The highest BCUT2D eigenvalue weighted by atomic mass is 16.6. The summed E-state index contributed by atoms with van der Waals surface area (Å²) in [6.07, 6.45) is 3.16. The van der Waals surface area contributed by atoms with Gasteiger partial charge in [0.1, 0.15) is 6.61 Å². The Balaban J connectivity index is 1.50. The monoisotopic (exact) mass is 379 g/mol. The number of nitrogens with zero attached hydrogens (tertiary/aromatic N) is 1. The lowest BCUT2D eigenvalue weighted by Gasteiger charge is -2.28. The van der Waals surface area contributed by atoms with Crippen LogP contribution in [0.1, 0.15) is 49.1 Å². The van der Waals surface area contributed by atoms with E-state index in [1.165, 1.54) is 22.3 Å². The van der Waals surface area contributed by atoms with Crippen LogP contribution in [0.2, 0.25) is 0 Å². The molecular weight excluding hydrogens is 354 g/mol. The molecule has 28 heavy (non-hydrogen) atoms. The third-order valence-corrected chi connectivity index (χ3v) is 5.86. The van der Waals surface area contributed by atoms with Crippen LogP contribution in [0.4, 0.5) is 4.79 Å². The Morgan fingerprint density at radius 2 is 1.61 bits per heavy atom. The van der Waals surface area contributed by atoms with Gasteiger partial charge < -0.3 is 14.7 Å². The Morgan fingerprint density at radius 1 is 0.964 bits per heavy atom. The second kappa shape index (κ2) is 8.05. The third-order valence-electron chi connectivity index (χ3n) is 5.86. The minimum absolute atomic E-state index is 0.0150. The van der Waals surface area contributed by atoms with Crippen LogP contribution < -0.4 is 0 Å². The van der Waals surface area contributed by atoms with Crippen LogP contribution in [0.25, 0.3) is 11.1 Å². The van der Waals surface area contributed by atoms with E-state index in [1.807, 2.05) is 24.3 Å². The van der Waals surface area contributed by atoms with E-state index >= 15 is 0 Å². The first kappa shape index (κ1) is 18.5. The largest absolute Gasteiger partial charge is 0.481 e. The molecule has 0 saturated carbocycles. The van der Waals surface area contributed by atoms with Crippen molar-refractivity contribution in [2.45, 2.75) is 44.1 Å². The molecule has 5 nitrogen and oxygen atoms in total. The van der Waals surface area contributed by atoms with Crippen LogP contribution in [0.15, 0.2) is 48.5 Å². The topological polar surface area (TPSA) is 66.8 Å². The summed E-state index contributed by atoms with van der Waals surface area (Å²) in [5, 5.41) is 9.20. The first-order valence-corrected chi connectivity index (χ1v) is 9.98. The van der Waals surface area contributed by atoms with Gasteiger partial charge in [-0.2, -0.15) is 0 Å². The van der Waals surface area contributed by atoms with Crippen LogP contribution in [0.5, 0.6) is 0 Å². The minimum Gasteiger partial charge on any atom is -0.481 e. The number of fused-ring (bicyclic) bond motifs is 3. The van der Waals surface area contributed by atoms with Gasteiger partial charge in [-0.3, -0.25) is 4.79 Å². The third kappa shape index (κ3) is 3.61. The van der Waals surface area contributed by atoms with Crippen LogP contribution >= 0.6 is 0 Å². The number of likely N-dealkylation sites (tertiary alicyclic amines) is 1. The van der Waals surface area contributed by atoms with Crippen LogP contribution in [-0.2, 0) is 9.53 Å². The second-order valence-corrected chi connectivity index (χ2v) is 7.60. The van der Waals surface area contributed by atoms with Gasteiger partial charge in [-0.05, 0) is 35.1 Å². The van der Waals surface area contributed by atoms with E-state index in [4.69, 9.17) is 4.74 Å². The van der Waals surface area contributed by atoms with Crippen molar-refractivity contribution < 1.29 is 19.4 Å². The normalized spacial score (nSPS) is 18.9. The molecule has 0 radical (unpaired) electrons. The van der Waals surface area contributed by atoms with E-state index in [2.05, 4.69) is 24.3 Å². The number of carboxylic acid groups (broad SMARTS) is 1. The summed E-state index contributed by atoms with van der Waals surface area (Å²) >= 11 is 0. The molecule has 1 heterocycles. The highest BCUT2D eigenvalue weighted by Crippen LogP contribution is 2.44.